The molecule has 1 heterocycles. The van der Waals surface area contributed by atoms with E-state index >= 15 is 0 Å². The van der Waals surface area contributed by atoms with E-state index in [4.69, 9.17) is 0 Å². The van der Waals surface area contributed by atoms with E-state index in [0.717, 1.165) is 17.6 Å². The number of carbonyl (C=O) groups excluding carboxylic acids is 1. The first-order valence-corrected chi connectivity index (χ1v) is 11.6. The van der Waals surface area contributed by atoms with Crippen LogP contribution in [0.25, 0.3) is 11.4 Å². The lowest BCUT2D eigenvalue weighted by molar-refractivity contribution is 0.102. The van der Waals surface area contributed by atoms with Gasteiger partial charge in [-0.3, -0.25) is 14.1 Å². The minimum absolute atomic E-state index is 0.0877. The maximum atomic E-state index is 12.5. The number of allylic oxidation sites excluding steroid dienone is 1. The Balaban J connectivity index is 1.72. The lowest BCUT2D eigenvalue weighted by Gasteiger charge is -2.08. The van der Waals surface area contributed by atoms with Crippen LogP contribution < -0.4 is 4.72 Å². The fraction of sp³-hybridized carbons (Fsp3) is 0.150. The summed E-state index contributed by atoms with van der Waals surface area (Å²) >= 11 is 1.30. The SMILES string of the molecule is C=CCn1c(SCC(=O)c2ccc(NS(C)(=O)=O)cc2)nnc1-c1ccccc1. The van der Waals surface area contributed by atoms with Crippen LogP contribution in [0.2, 0.25) is 0 Å². The highest BCUT2D eigenvalue weighted by molar-refractivity contribution is 7.99. The van der Waals surface area contributed by atoms with Crippen LogP contribution in [0.1, 0.15) is 10.4 Å². The van der Waals surface area contributed by atoms with Crippen LogP contribution in [0.3, 0.4) is 0 Å². The van der Waals surface area contributed by atoms with Crippen molar-refractivity contribution >= 4 is 33.3 Å². The third-order valence-corrected chi connectivity index (χ3v) is 5.48. The van der Waals surface area contributed by atoms with Gasteiger partial charge in [0.25, 0.3) is 0 Å². The van der Waals surface area contributed by atoms with Crippen molar-refractivity contribution in [2.24, 2.45) is 0 Å². The zero-order valence-electron chi connectivity index (χ0n) is 15.8. The number of sulfonamides is 1. The molecule has 0 aliphatic heterocycles. The zero-order valence-corrected chi connectivity index (χ0v) is 17.4. The van der Waals surface area contributed by atoms with Gasteiger partial charge in [-0.15, -0.1) is 16.8 Å². The average molecular weight is 429 g/mol. The van der Waals surface area contributed by atoms with Crippen molar-refractivity contribution in [1.82, 2.24) is 14.8 Å². The van der Waals surface area contributed by atoms with Gasteiger partial charge in [-0.2, -0.15) is 0 Å². The fourth-order valence-corrected chi connectivity index (χ4v) is 4.05. The van der Waals surface area contributed by atoms with Crippen molar-refractivity contribution in [2.45, 2.75) is 11.7 Å². The van der Waals surface area contributed by atoms with Crippen molar-refractivity contribution in [3.8, 4) is 11.4 Å². The van der Waals surface area contributed by atoms with E-state index in [-0.39, 0.29) is 11.5 Å². The molecule has 0 radical (unpaired) electrons. The predicted octanol–water partition coefficient (Wildman–Crippen LogP) is 3.48. The molecular formula is C20H20N4O3S2. The predicted molar refractivity (Wildman–Crippen MR) is 116 cm³/mol. The monoisotopic (exact) mass is 428 g/mol. The molecule has 0 unspecified atom stereocenters. The van der Waals surface area contributed by atoms with Crippen LogP contribution in [0.4, 0.5) is 5.69 Å². The lowest BCUT2D eigenvalue weighted by atomic mass is 10.1. The summed E-state index contributed by atoms with van der Waals surface area (Å²) in [5.74, 6) is 0.815. The summed E-state index contributed by atoms with van der Waals surface area (Å²) in [5.41, 5.74) is 1.85. The largest absolute Gasteiger partial charge is 0.298 e. The van der Waals surface area contributed by atoms with Crippen molar-refractivity contribution in [3.05, 3.63) is 72.8 Å². The highest BCUT2D eigenvalue weighted by atomic mass is 32.2. The van der Waals surface area contributed by atoms with E-state index in [9.17, 15) is 13.2 Å². The maximum absolute atomic E-state index is 12.5. The molecule has 7 nitrogen and oxygen atoms in total. The Hall–Kier alpha value is -2.91. The second kappa shape index (κ2) is 9.06. The third-order valence-electron chi connectivity index (χ3n) is 3.90. The number of Topliss-reactive ketones (excluding diaryl/α,β-unsaturated/α-hetero) is 1. The Morgan fingerprint density at radius 1 is 1.14 bits per heavy atom. The minimum atomic E-state index is -3.35. The highest BCUT2D eigenvalue weighted by Crippen LogP contribution is 2.25. The van der Waals surface area contributed by atoms with Gasteiger partial charge >= 0.3 is 0 Å². The summed E-state index contributed by atoms with van der Waals surface area (Å²) in [5, 5.41) is 9.13. The summed E-state index contributed by atoms with van der Waals surface area (Å²) in [7, 11) is -3.35. The van der Waals surface area contributed by atoms with E-state index in [0.29, 0.717) is 23.0 Å². The molecule has 0 spiro atoms. The van der Waals surface area contributed by atoms with Crippen LogP contribution in [-0.2, 0) is 16.6 Å². The number of anilines is 1. The van der Waals surface area contributed by atoms with Gasteiger partial charge in [-0.05, 0) is 24.3 Å². The number of thioether (sulfide) groups is 1. The van der Waals surface area contributed by atoms with Crippen molar-refractivity contribution in [3.63, 3.8) is 0 Å². The molecule has 1 N–H and O–H groups in total. The van der Waals surface area contributed by atoms with Crippen LogP contribution in [-0.4, -0.2) is 41.0 Å². The zero-order chi connectivity index (χ0) is 20.9. The van der Waals surface area contributed by atoms with E-state index in [1.807, 2.05) is 34.9 Å². The van der Waals surface area contributed by atoms with Gasteiger partial charge in [-0.1, -0.05) is 48.2 Å². The first-order chi connectivity index (χ1) is 13.9. The molecule has 29 heavy (non-hydrogen) atoms. The lowest BCUT2D eigenvalue weighted by Crippen LogP contribution is -2.10. The number of nitrogens with zero attached hydrogens (tertiary/aromatic N) is 3. The summed E-state index contributed by atoms with van der Waals surface area (Å²) in [6, 6.07) is 16.0. The van der Waals surface area contributed by atoms with Crippen molar-refractivity contribution in [1.29, 1.82) is 0 Å². The molecule has 9 heteroatoms. The molecular weight excluding hydrogens is 408 g/mol. The molecule has 0 aliphatic rings. The van der Waals surface area contributed by atoms with Crippen LogP contribution >= 0.6 is 11.8 Å². The molecule has 3 rings (SSSR count). The normalized spacial score (nSPS) is 11.2. The van der Waals surface area contributed by atoms with Gasteiger partial charge in [0.2, 0.25) is 10.0 Å². The van der Waals surface area contributed by atoms with Gasteiger partial charge in [0.1, 0.15) is 0 Å². The van der Waals surface area contributed by atoms with Gasteiger partial charge in [0, 0.05) is 23.4 Å². The van der Waals surface area contributed by atoms with E-state index < -0.39 is 10.0 Å². The Labute approximate surface area is 173 Å². The molecule has 1 aromatic heterocycles. The summed E-state index contributed by atoms with van der Waals surface area (Å²) < 4.78 is 26.8. The number of ketones is 1. The van der Waals surface area contributed by atoms with Crippen LogP contribution in [0.15, 0.2) is 72.4 Å². The van der Waals surface area contributed by atoms with Gasteiger partial charge in [0.05, 0.1) is 12.0 Å². The summed E-state index contributed by atoms with van der Waals surface area (Å²) in [6.07, 6.45) is 2.83. The molecule has 0 atom stereocenters. The summed E-state index contributed by atoms with van der Waals surface area (Å²) in [6.45, 7) is 4.31. The topological polar surface area (TPSA) is 94.0 Å². The average Bonchev–Trinajstić information content (AvgIpc) is 3.09. The maximum Gasteiger partial charge on any atom is 0.229 e. The number of nitrogens with one attached hydrogen (secondary N) is 1. The fourth-order valence-electron chi connectivity index (χ4n) is 2.64. The molecule has 3 aromatic rings. The molecule has 2 aromatic carbocycles. The number of carbonyl (C=O) groups is 1. The standard InChI is InChI=1S/C20H20N4O3S2/c1-3-13-24-19(16-7-5-4-6-8-16)21-22-20(24)28-14-18(25)15-9-11-17(12-10-15)23-29(2,26)27/h3-12,23H,1,13-14H2,2H3. The second-order valence-electron chi connectivity index (χ2n) is 6.23. The number of aromatic nitrogens is 3. The number of benzene rings is 2. The van der Waals surface area contributed by atoms with Crippen molar-refractivity contribution in [2.75, 3.05) is 16.7 Å². The van der Waals surface area contributed by atoms with Crippen LogP contribution in [0, 0.1) is 0 Å². The Bertz CT molecular complexity index is 1110. The first kappa shape index (κ1) is 20.8. The molecule has 0 bridgehead atoms. The molecule has 0 saturated carbocycles. The van der Waals surface area contributed by atoms with E-state index in [1.54, 1.807) is 30.3 Å². The third kappa shape index (κ3) is 5.55. The Kier molecular flexibility index (Phi) is 6.50. The van der Waals surface area contributed by atoms with E-state index in [1.165, 1.54) is 11.8 Å². The van der Waals surface area contributed by atoms with Crippen LogP contribution in [0.5, 0.6) is 0 Å². The molecule has 0 amide bonds. The summed E-state index contributed by atoms with van der Waals surface area (Å²) in [4.78, 5) is 12.5. The Morgan fingerprint density at radius 3 is 2.45 bits per heavy atom. The second-order valence-corrected chi connectivity index (χ2v) is 8.93. The number of rotatable bonds is 9. The van der Waals surface area contributed by atoms with Gasteiger partial charge < -0.3 is 0 Å². The molecule has 150 valence electrons. The molecule has 0 aliphatic carbocycles. The molecule has 0 fully saturated rings. The van der Waals surface area contributed by atoms with E-state index in [2.05, 4.69) is 21.5 Å². The number of hydrogen-bond acceptors (Lipinski definition) is 6. The number of hydrogen-bond donors (Lipinski definition) is 1. The highest BCUT2D eigenvalue weighted by Gasteiger charge is 2.15. The van der Waals surface area contributed by atoms with Gasteiger partial charge in [-0.25, -0.2) is 8.42 Å². The quantitative estimate of drug-likeness (QED) is 0.319. The first-order valence-electron chi connectivity index (χ1n) is 8.71. The smallest absolute Gasteiger partial charge is 0.229 e. The Morgan fingerprint density at radius 2 is 1.83 bits per heavy atom. The van der Waals surface area contributed by atoms with Gasteiger partial charge in [0.15, 0.2) is 16.8 Å². The minimum Gasteiger partial charge on any atom is -0.298 e. The molecule has 0 saturated heterocycles. The van der Waals surface area contributed by atoms with Crippen molar-refractivity contribution < 1.29 is 13.2 Å².